The molecule has 1 aromatic rings. The minimum absolute atomic E-state index is 0.497. The van der Waals surface area contributed by atoms with Crippen LogP contribution >= 0.6 is 15.9 Å². The molecule has 0 saturated heterocycles. The fraction of sp³-hybridized carbons (Fsp3) is 0.500. The molecule has 0 radical (unpaired) electrons. The Morgan fingerprint density at radius 2 is 1.50 bits per heavy atom. The fourth-order valence-corrected chi connectivity index (χ4v) is 2.19. The molecule has 0 aliphatic heterocycles. The van der Waals surface area contributed by atoms with Crippen LogP contribution in [0.4, 0.5) is 0 Å². The predicted octanol–water partition coefficient (Wildman–Crippen LogP) is 4.06. The lowest BCUT2D eigenvalue weighted by molar-refractivity contribution is 0.459. The number of aromatic hydroxyl groups is 1. The van der Waals surface area contributed by atoms with Gasteiger partial charge in [0.25, 0.3) is 0 Å². The third-order valence-electron chi connectivity index (χ3n) is 2.27. The Bertz CT molecular complexity index is 280. The first-order valence-corrected chi connectivity index (χ1v) is 5.98. The van der Waals surface area contributed by atoms with E-state index in [1.807, 2.05) is 12.1 Å². The van der Waals surface area contributed by atoms with Gasteiger partial charge in [0.1, 0.15) is 5.75 Å². The van der Waals surface area contributed by atoms with Gasteiger partial charge in [-0.15, -0.1) is 0 Å². The maximum Gasteiger partial charge on any atom is 0.122 e. The summed E-state index contributed by atoms with van der Waals surface area (Å²) in [6.45, 7) is 4.25. The van der Waals surface area contributed by atoms with Crippen molar-refractivity contribution in [2.24, 2.45) is 0 Å². The standard InChI is InChI=1S/C12H17BrO/c1-3-5-9-7-11(13)8-10(6-4-2)12(9)14/h7-8,14H,3-6H2,1-2H3. The van der Waals surface area contributed by atoms with Crippen molar-refractivity contribution < 1.29 is 5.11 Å². The van der Waals surface area contributed by atoms with E-state index in [0.717, 1.165) is 41.3 Å². The Kier molecular flexibility index (Phi) is 4.46. The van der Waals surface area contributed by atoms with E-state index in [2.05, 4.69) is 29.8 Å². The summed E-state index contributed by atoms with van der Waals surface area (Å²) in [5, 5.41) is 9.95. The summed E-state index contributed by atoms with van der Waals surface area (Å²) in [4.78, 5) is 0. The van der Waals surface area contributed by atoms with Crippen LogP contribution in [0.15, 0.2) is 16.6 Å². The zero-order chi connectivity index (χ0) is 10.6. The van der Waals surface area contributed by atoms with Crippen LogP contribution in [0, 0.1) is 0 Å². The lowest BCUT2D eigenvalue weighted by Crippen LogP contribution is -1.91. The molecule has 0 aliphatic rings. The van der Waals surface area contributed by atoms with Gasteiger partial charge in [0.15, 0.2) is 0 Å². The van der Waals surface area contributed by atoms with E-state index in [4.69, 9.17) is 0 Å². The molecule has 1 nitrogen and oxygen atoms in total. The number of benzene rings is 1. The van der Waals surface area contributed by atoms with Crippen molar-refractivity contribution in [3.8, 4) is 5.75 Å². The third kappa shape index (κ3) is 2.74. The Balaban J connectivity index is 3.04. The average Bonchev–Trinajstić information content (AvgIpc) is 2.14. The van der Waals surface area contributed by atoms with Gasteiger partial charge >= 0.3 is 0 Å². The first kappa shape index (κ1) is 11.6. The van der Waals surface area contributed by atoms with Gasteiger partial charge in [0.05, 0.1) is 0 Å². The van der Waals surface area contributed by atoms with Crippen molar-refractivity contribution >= 4 is 15.9 Å². The molecule has 0 unspecified atom stereocenters. The first-order valence-electron chi connectivity index (χ1n) is 5.19. The molecule has 0 aromatic heterocycles. The molecule has 0 fully saturated rings. The monoisotopic (exact) mass is 256 g/mol. The Morgan fingerprint density at radius 1 is 1.07 bits per heavy atom. The van der Waals surface area contributed by atoms with Crippen LogP contribution in [0.5, 0.6) is 5.75 Å². The molecule has 0 saturated carbocycles. The molecule has 0 bridgehead atoms. The molecule has 0 amide bonds. The van der Waals surface area contributed by atoms with Crippen LogP contribution < -0.4 is 0 Å². The van der Waals surface area contributed by atoms with Crippen LogP contribution in [0.3, 0.4) is 0 Å². The SMILES string of the molecule is CCCc1cc(Br)cc(CCC)c1O. The smallest absolute Gasteiger partial charge is 0.122 e. The molecule has 0 aliphatic carbocycles. The highest BCUT2D eigenvalue weighted by molar-refractivity contribution is 9.10. The van der Waals surface area contributed by atoms with Crippen molar-refractivity contribution in [3.05, 3.63) is 27.7 Å². The molecule has 14 heavy (non-hydrogen) atoms. The minimum Gasteiger partial charge on any atom is -0.507 e. The molecular formula is C12H17BrO. The number of halogens is 1. The van der Waals surface area contributed by atoms with Gasteiger partial charge in [0.2, 0.25) is 0 Å². The van der Waals surface area contributed by atoms with E-state index in [9.17, 15) is 5.11 Å². The minimum atomic E-state index is 0.497. The van der Waals surface area contributed by atoms with Crippen molar-refractivity contribution in [2.45, 2.75) is 39.5 Å². The van der Waals surface area contributed by atoms with E-state index in [1.54, 1.807) is 0 Å². The summed E-state index contributed by atoms with van der Waals surface area (Å²) in [5.74, 6) is 0.497. The summed E-state index contributed by atoms with van der Waals surface area (Å²) in [5.41, 5.74) is 2.12. The molecule has 78 valence electrons. The topological polar surface area (TPSA) is 20.2 Å². The largest absolute Gasteiger partial charge is 0.507 e. The van der Waals surface area contributed by atoms with Crippen molar-refractivity contribution in [1.82, 2.24) is 0 Å². The first-order chi connectivity index (χ1) is 6.69. The Morgan fingerprint density at radius 3 is 1.86 bits per heavy atom. The van der Waals surface area contributed by atoms with Crippen LogP contribution in [0.25, 0.3) is 0 Å². The number of hydrogen-bond acceptors (Lipinski definition) is 1. The second-order valence-electron chi connectivity index (χ2n) is 3.57. The van der Waals surface area contributed by atoms with Crippen LogP contribution in [0.1, 0.15) is 37.8 Å². The highest BCUT2D eigenvalue weighted by Gasteiger charge is 2.07. The zero-order valence-electron chi connectivity index (χ0n) is 8.81. The van der Waals surface area contributed by atoms with Gasteiger partial charge < -0.3 is 5.11 Å². The highest BCUT2D eigenvalue weighted by Crippen LogP contribution is 2.29. The van der Waals surface area contributed by atoms with Crippen molar-refractivity contribution in [2.75, 3.05) is 0 Å². The summed E-state index contributed by atoms with van der Waals surface area (Å²) < 4.78 is 1.07. The number of aryl methyl sites for hydroxylation is 2. The van der Waals surface area contributed by atoms with Crippen LogP contribution in [-0.4, -0.2) is 5.11 Å². The lowest BCUT2D eigenvalue weighted by atomic mass is 10.0. The van der Waals surface area contributed by atoms with Crippen LogP contribution in [-0.2, 0) is 12.8 Å². The van der Waals surface area contributed by atoms with E-state index in [1.165, 1.54) is 0 Å². The quantitative estimate of drug-likeness (QED) is 0.862. The Hall–Kier alpha value is -0.500. The fourth-order valence-electron chi connectivity index (χ4n) is 1.64. The van der Waals surface area contributed by atoms with Crippen LogP contribution in [0.2, 0.25) is 0 Å². The van der Waals surface area contributed by atoms with Gasteiger partial charge in [-0.25, -0.2) is 0 Å². The maximum absolute atomic E-state index is 9.95. The third-order valence-corrected chi connectivity index (χ3v) is 2.73. The molecule has 1 aromatic carbocycles. The number of phenolic OH excluding ortho intramolecular Hbond substituents is 1. The average molecular weight is 257 g/mol. The maximum atomic E-state index is 9.95. The predicted molar refractivity (Wildman–Crippen MR) is 63.8 cm³/mol. The second kappa shape index (κ2) is 5.40. The van der Waals surface area contributed by atoms with Gasteiger partial charge in [-0.1, -0.05) is 42.6 Å². The summed E-state index contributed by atoms with van der Waals surface area (Å²) in [7, 11) is 0. The summed E-state index contributed by atoms with van der Waals surface area (Å²) in [6.07, 6.45) is 4.02. The summed E-state index contributed by atoms with van der Waals surface area (Å²) in [6, 6.07) is 4.02. The lowest BCUT2D eigenvalue weighted by Gasteiger charge is -2.09. The van der Waals surface area contributed by atoms with Crippen molar-refractivity contribution in [1.29, 1.82) is 0 Å². The molecule has 0 atom stereocenters. The highest BCUT2D eigenvalue weighted by atomic mass is 79.9. The van der Waals surface area contributed by atoms with E-state index >= 15 is 0 Å². The van der Waals surface area contributed by atoms with E-state index < -0.39 is 0 Å². The van der Waals surface area contributed by atoms with Gasteiger partial charge in [0, 0.05) is 4.47 Å². The van der Waals surface area contributed by atoms with Gasteiger partial charge in [-0.2, -0.15) is 0 Å². The van der Waals surface area contributed by atoms with Gasteiger partial charge in [-0.05, 0) is 36.1 Å². The number of rotatable bonds is 4. The van der Waals surface area contributed by atoms with E-state index in [0.29, 0.717) is 5.75 Å². The Labute approximate surface area is 94.3 Å². The molecule has 1 N–H and O–H groups in total. The molecule has 0 spiro atoms. The molecule has 0 heterocycles. The second-order valence-corrected chi connectivity index (χ2v) is 4.49. The molecule has 1 rings (SSSR count). The van der Waals surface area contributed by atoms with E-state index in [-0.39, 0.29) is 0 Å². The summed E-state index contributed by atoms with van der Waals surface area (Å²) >= 11 is 3.48. The molecular weight excluding hydrogens is 240 g/mol. The molecule has 2 heteroatoms. The number of phenols is 1. The zero-order valence-corrected chi connectivity index (χ0v) is 10.4. The normalized spacial score (nSPS) is 10.5. The van der Waals surface area contributed by atoms with Gasteiger partial charge in [-0.3, -0.25) is 0 Å². The number of hydrogen-bond donors (Lipinski definition) is 1. The van der Waals surface area contributed by atoms with Crippen molar-refractivity contribution in [3.63, 3.8) is 0 Å².